The van der Waals surface area contributed by atoms with Gasteiger partial charge in [0.05, 0.1) is 22.5 Å². The molecule has 2 aliphatic rings. The zero-order valence-corrected chi connectivity index (χ0v) is 21.8. The fraction of sp³-hybridized carbons (Fsp3) is 0.281. The molecule has 2 aliphatic carbocycles. The van der Waals surface area contributed by atoms with Gasteiger partial charge in [-0.1, -0.05) is 43.7 Å². The molecule has 0 aliphatic heterocycles. The van der Waals surface area contributed by atoms with Gasteiger partial charge in [-0.2, -0.15) is 5.26 Å². The molecule has 0 bridgehead atoms. The third kappa shape index (κ3) is 3.57. The Morgan fingerprint density at radius 1 is 1.05 bits per heavy atom. The van der Waals surface area contributed by atoms with Gasteiger partial charge < -0.3 is 0 Å². The van der Waals surface area contributed by atoms with Crippen LogP contribution < -0.4 is 0 Å². The van der Waals surface area contributed by atoms with Gasteiger partial charge in [0.15, 0.2) is 11.6 Å². The summed E-state index contributed by atoms with van der Waals surface area (Å²) in [6.07, 6.45) is 3.15. The van der Waals surface area contributed by atoms with Crippen LogP contribution in [0.1, 0.15) is 42.8 Å². The van der Waals surface area contributed by atoms with E-state index in [1.165, 1.54) is 6.07 Å². The number of Topliss-reactive ketones (excluding diaryl/α,β-unsaturated/α-hetero) is 1. The summed E-state index contributed by atoms with van der Waals surface area (Å²) < 4.78 is 15.2. The number of ketones is 1. The zero-order chi connectivity index (χ0) is 26.8. The number of hydrogen-bond donors (Lipinski definition) is 0. The molecule has 5 nitrogen and oxygen atoms in total. The standard InChI is InChI=1S/C32H27FN4O/c1-17-9-12-27-23(13-17)24(14-18(2)35-27)31-36-28(21-7-5-6-8-26(21)33)22-10-11-25-19(3)29(38)20(16-34)15-32(25,4)30(22)37-31/h5-9,12-15,19,25H,10-11H2,1-4H3/t19-,25-,32-/m1/s1. The number of carbonyl (C=O) groups excluding carboxylic acids is 1. The Labute approximate surface area is 221 Å². The summed E-state index contributed by atoms with van der Waals surface area (Å²) in [6.45, 7) is 7.93. The molecule has 4 aromatic rings. The summed E-state index contributed by atoms with van der Waals surface area (Å²) in [5.74, 6) is -0.308. The lowest BCUT2D eigenvalue weighted by atomic mass is 9.57. The van der Waals surface area contributed by atoms with Crippen LogP contribution in [-0.2, 0) is 16.6 Å². The fourth-order valence-corrected chi connectivity index (χ4v) is 6.43. The predicted octanol–water partition coefficient (Wildman–Crippen LogP) is 6.60. The Morgan fingerprint density at radius 3 is 2.61 bits per heavy atom. The quantitative estimate of drug-likeness (QED) is 0.308. The summed E-state index contributed by atoms with van der Waals surface area (Å²) in [5, 5.41) is 10.7. The third-order valence-electron chi connectivity index (χ3n) is 8.30. The smallest absolute Gasteiger partial charge is 0.176 e. The van der Waals surface area contributed by atoms with Crippen molar-refractivity contribution in [3.63, 3.8) is 0 Å². The molecule has 0 saturated carbocycles. The number of rotatable bonds is 2. The highest BCUT2D eigenvalue weighted by Crippen LogP contribution is 2.51. The van der Waals surface area contributed by atoms with Crippen molar-refractivity contribution in [3.05, 3.63) is 88.5 Å². The van der Waals surface area contributed by atoms with Crippen molar-refractivity contribution in [2.45, 2.75) is 46.0 Å². The first-order valence-electron chi connectivity index (χ1n) is 12.9. The fourth-order valence-electron chi connectivity index (χ4n) is 6.43. The molecule has 38 heavy (non-hydrogen) atoms. The van der Waals surface area contributed by atoms with E-state index in [1.807, 2.05) is 45.0 Å². The number of fused-ring (bicyclic) bond motifs is 4. The Balaban J connectivity index is 1.72. The molecule has 0 fully saturated rings. The maximum absolute atomic E-state index is 15.2. The van der Waals surface area contributed by atoms with Gasteiger partial charge in [-0.25, -0.2) is 14.4 Å². The molecule has 0 unspecified atom stereocenters. The maximum Gasteiger partial charge on any atom is 0.176 e. The summed E-state index contributed by atoms with van der Waals surface area (Å²) in [4.78, 5) is 27.8. The van der Waals surface area contributed by atoms with Gasteiger partial charge in [0.2, 0.25) is 0 Å². The number of nitrogens with zero attached hydrogens (tertiary/aromatic N) is 4. The van der Waals surface area contributed by atoms with Crippen molar-refractivity contribution in [1.82, 2.24) is 15.0 Å². The van der Waals surface area contributed by atoms with E-state index in [0.717, 1.165) is 45.4 Å². The van der Waals surface area contributed by atoms with E-state index in [4.69, 9.17) is 15.0 Å². The van der Waals surface area contributed by atoms with Crippen molar-refractivity contribution in [1.29, 1.82) is 5.26 Å². The van der Waals surface area contributed by atoms with E-state index >= 15 is 4.39 Å². The van der Waals surface area contributed by atoms with Crippen LogP contribution in [0.4, 0.5) is 4.39 Å². The molecule has 0 saturated heterocycles. The van der Waals surface area contributed by atoms with Crippen LogP contribution in [0.2, 0.25) is 0 Å². The Morgan fingerprint density at radius 2 is 1.84 bits per heavy atom. The maximum atomic E-state index is 15.2. The number of allylic oxidation sites excluding steroid dienone is 2. The van der Waals surface area contributed by atoms with Crippen molar-refractivity contribution in [2.75, 3.05) is 0 Å². The second kappa shape index (κ2) is 8.66. The molecule has 6 rings (SSSR count). The average Bonchev–Trinajstić information content (AvgIpc) is 2.90. The first kappa shape index (κ1) is 24.1. The molecule has 0 amide bonds. The predicted molar refractivity (Wildman–Crippen MR) is 145 cm³/mol. The number of nitriles is 1. The SMILES string of the molecule is Cc1ccc2nc(C)cc(-c3nc(-c4ccccc4F)c4c(n3)[C@]3(C)C=C(C#N)C(=O)[C@H](C)[C@H]3CC4)c2c1. The lowest BCUT2D eigenvalue weighted by Gasteiger charge is -2.45. The third-order valence-corrected chi connectivity index (χ3v) is 8.30. The van der Waals surface area contributed by atoms with Crippen LogP contribution in [0.25, 0.3) is 33.5 Å². The molecule has 6 heteroatoms. The summed E-state index contributed by atoms with van der Waals surface area (Å²) in [7, 11) is 0. The molecular weight excluding hydrogens is 475 g/mol. The lowest BCUT2D eigenvalue weighted by Crippen LogP contribution is -2.46. The van der Waals surface area contributed by atoms with Gasteiger partial charge in [-0.15, -0.1) is 0 Å². The molecule has 0 spiro atoms. The second-order valence-electron chi connectivity index (χ2n) is 10.8. The molecule has 188 valence electrons. The summed E-state index contributed by atoms with van der Waals surface area (Å²) in [6, 6.07) is 16.8. The average molecular weight is 503 g/mol. The normalized spacial score (nSPS) is 22.4. The molecule has 2 heterocycles. The van der Waals surface area contributed by atoms with Gasteiger partial charge >= 0.3 is 0 Å². The van der Waals surface area contributed by atoms with Crippen LogP contribution in [0.15, 0.2) is 60.2 Å². The monoisotopic (exact) mass is 502 g/mol. The van der Waals surface area contributed by atoms with Gasteiger partial charge in [-0.05, 0) is 62.9 Å². The lowest BCUT2D eigenvalue weighted by molar-refractivity contribution is -0.121. The summed E-state index contributed by atoms with van der Waals surface area (Å²) >= 11 is 0. The van der Waals surface area contributed by atoms with E-state index in [-0.39, 0.29) is 29.0 Å². The van der Waals surface area contributed by atoms with Crippen LogP contribution >= 0.6 is 0 Å². The number of benzene rings is 2. The molecule has 2 aromatic carbocycles. The number of pyridine rings is 1. The van der Waals surface area contributed by atoms with E-state index in [2.05, 4.69) is 19.1 Å². The molecule has 3 atom stereocenters. The van der Waals surface area contributed by atoms with Crippen LogP contribution in [0.3, 0.4) is 0 Å². The second-order valence-corrected chi connectivity index (χ2v) is 10.8. The zero-order valence-electron chi connectivity index (χ0n) is 21.8. The first-order valence-corrected chi connectivity index (χ1v) is 12.9. The van der Waals surface area contributed by atoms with Gasteiger partial charge in [-0.3, -0.25) is 9.78 Å². The van der Waals surface area contributed by atoms with Gasteiger partial charge in [0.25, 0.3) is 0 Å². The topological polar surface area (TPSA) is 79.5 Å². The van der Waals surface area contributed by atoms with Crippen molar-refractivity contribution >= 4 is 16.7 Å². The highest BCUT2D eigenvalue weighted by molar-refractivity contribution is 6.02. The van der Waals surface area contributed by atoms with E-state index in [1.54, 1.807) is 18.2 Å². The van der Waals surface area contributed by atoms with Crippen LogP contribution in [-0.4, -0.2) is 20.7 Å². The summed E-state index contributed by atoms with van der Waals surface area (Å²) in [5.41, 5.74) is 5.70. The molecular formula is C32H27FN4O. The van der Waals surface area contributed by atoms with Crippen LogP contribution in [0.5, 0.6) is 0 Å². The molecule has 0 N–H and O–H groups in total. The minimum absolute atomic E-state index is 0.0195. The minimum atomic E-state index is -0.669. The Kier molecular flexibility index (Phi) is 5.50. The highest BCUT2D eigenvalue weighted by Gasteiger charge is 2.49. The molecule has 0 radical (unpaired) electrons. The number of carbonyl (C=O) groups is 1. The van der Waals surface area contributed by atoms with Gasteiger partial charge in [0.1, 0.15) is 11.9 Å². The number of halogens is 1. The molecule has 2 aromatic heterocycles. The van der Waals surface area contributed by atoms with E-state index in [9.17, 15) is 10.1 Å². The van der Waals surface area contributed by atoms with E-state index in [0.29, 0.717) is 23.5 Å². The largest absolute Gasteiger partial charge is 0.293 e. The Bertz CT molecular complexity index is 1730. The minimum Gasteiger partial charge on any atom is -0.293 e. The highest BCUT2D eigenvalue weighted by atomic mass is 19.1. The van der Waals surface area contributed by atoms with Crippen molar-refractivity contribution < 1.29 is 9.18 Å². The number of aromatic nitrogens is 3. The van der Waals surface area contributed by atoms with Crippen molar-refractivity contribution in [3.8, 4) is 28.7 Å². The van der Waals surface area contributed by atoms with Crippen molar-refractivity contribution in [2.24, 2.45) is 11.8 Å². The number of hydrogen-bond acceptors (Lipinski definition) is 5. The first-order chi connectivity index (χ1) is 18.2. The Hall–Kier alpha value is -4.24. The van der Waals surface area contributed by atoms with Gasteiger partial charge in [0, 0.05) is 39.1 Å². The van der Waals surface area contributed by atoms with E-state index < -0.39 is 5.41 Å². The van der Waals surface area contributed by atoms with Crippen LogP contribution in [0, 0.1) is 42.8 Å². The number of aryl methyl sites for hydroxylation is 2.